The van der Waals surface area contributed by atoms with E-state index in [0.717, 1.165) is 34.9 Å². The zero-order valence-electron chi connectivity index (χ0n) is 11.1. The summed E-state index contributed by atoms with van der Waals surface area (Å²) in [5, 5.41) is 8.36. The summed E-state index contributed by atoms with van der Waals surface area (Å²) in [6, 6.07) is 9.41. The van der Waals surface area contributed by atoms with Gasteiger partial charge in [-0.05, 0) is 36.9 Å². The van der Waals surface area contributed by atoms with E-state index in [-0.39, 0.29) is 0 Å². The minimum absolute atomic E-state index is 0.566. The lowest BCUT2D eigenvalue weighted by Crippen LogP contribution is -2.05. The maximum atomic E-state index is 5.49. The largest absolute Gasteiger partial charge is 0.497 e. The number of rotatable bonds is 5. The van der Waals surface area contributed by atoms with E-state index in [1.807, 2.05) is 30.3 Å². The van der Waals surface area contributed by atoms with Crippen LogP contribution in [0.1, 0.15) is 5.69 Å². The molecule has 2 rings (SSSR count). The zero-order valence-corrected chi connectivity index (χ0v) is 11.1. The number of aromatic nitrogens is 2. The van der Waals surface area contributed by atoms with Gasteiger partial charge in [0, 0.05) is 12.0 Å². The average Bonchev–Trinajstić information content (AvgIpc) is 2.47. The highest BCUT2D eigenvalue weighted by molar-refractivity contribution is 5.68. The molecule has 0 atom stereocenters. The lowest BCUT2D eigenvalue weighted by atomic mass is 10.1. The molecule has 0 saturated heterocycles. The maximum Gasteiger partial charge on any atom is 0.128 e. The van der Waals surface area contributed by atoms with Crippen LogP contribution in [0.3, 0.4) is 0 Å². The molecule has 19 heavy (non-hydrogen) atoms. The van der Waals surface area contributed by atoms with E-state index in [0.29, 0.717) is 6.54 Å². The molecule has 2 aromatic rings. The highest BCUT2D eigenvalue weighted by Crippen LogP contribution is 2.31. The summed E-state index contributed by atoms with van der Waals surface area (Å²) in [7, 11) is 3.25. The fourth-order valence-electron chi connectivity index (χ4n) is 1.80. The van der Waals surface area contributed by atoms with Gasteiger partial charge in [-0.3, -0.25) is 0 Å². The Morgan fingerprint density at radius 2 is 1.89 bits per heavy atom. The molecule has 1 aromatic carbocycles. The average molecular weight is 259 g/mol. The molecule has 1 heterocycles. The van der Waals surface area contributed by atoms with E-state index >= 15 is 0 Å². The van der Waals surface area contributed by atoms with E-state index in [2.05, 4.69) is 10.2 Å². The van der Waals surface area contributed by atoms with Gasteiger partial charge in [-0.1, -0.05) is 0 Å². The highest BCUT2D eigenvalue weighted by atomic mass is 16.5. The van der Waals surface area contributed by atoms with Crippen LogP contribution in [0, 0.1) is 0 Å². The number of ether oxygens (including phenoxy) is 2. The molecule has 0 aliphatic rings. The van der Waals surface area contributed by atoms with Crippen molar-refractivity contribution in [3.63, 3.8) is 0 Å². The molecular formula is C14H17N3O2. The molecule has 0 fully saturated rings. The van der Waals surface area contributed by atoms with Gasteiger partial charge >= 0.3 is 0 Å². The maximum absolute atomic E-state index is 5.49. The summed E-state index contributed by atoms with van der Waals surface area (Å²) in [5.74, 6) is 1.49. The van der Waals surface area contributed by atoms with Crippen LogP contribution >= 0.6 is 0 Å². The lowest BCUT2D eigenvalue weighted by Gasteiger charge is -2.09. The van der Waals surface area contributed by atoms with Crippen molar-refractivity contribution in [1.82, 2.24) is 10.2 Å². The molecule has 2 N–H and O–H groups in total. The van der Waals surface area contributed by atoms with Gasteiger partial charge in [0.2, 0.25) is 0 Å². The third-order valence-corrected chi connectivity index (χ3v) is 2.80. The summed E-state index contributed by atoms with van der Waals surface area (Å²) >= 11 is 0. The first kappa shape index (κ1) is 13.3. The Morgan fingerprint density at radius 3 is 2.47 bits per heavy atom. The number of methoxy groups -OCH3 is 2. The molecule has 5 nitrogen and oxygen atoms in total. The Kier molecular flexibility index (Phi) is 4.30. The molecule has 1 aromatic heterocycles. The first-order valence-corrected chi connectivity index (χ1v) is 6.03. The third-order valence-electron chi connectivity index (χ3n) is 2.80. The van der Waals surface area contributed by atoms with E-state index < -0.39 is 0 Å². The summed E-state index contributed by atoms with van der Waals surface area (Å²) in [6.45, 7) is 0.566. The van der Waals surface area contributed by atoms with Gasteiger partial charge in [-0.2, -0.15) is 10.2 Å². The van der Waals surface area contributed by atoms with Gasteiger partial charge in [-0.25, -0.2) is 0 Å². The Hall–Kier alpha value is -2.14. The van der Waals surface area contributed by atoms with Gasteiger partial charge in [0.15, 0.2) is 0 Å². The van der Waals surface area contributed by atoms with Gasteiger partial charge < -0.3 is 15.2 Å². The van der Waals surface area contributed by atoms with Crippen LogP contribution in [0.25, 0.3) is 11.3 Å². The smallest absolute Gasteiger partial charge is 0.128 e. The molecule has 5 heteroatoms. The fraction of sp³-hybridized carbons (Fsp3) is 0.286. The second-order valence-electron chi connectivity index (χ2n) is 4.01. The van der Waals surface area contributed by atoms with Crippen LogP contribution in [0.5, 0.6) is 11.5 Å². The quantitative estimate of drug-likeness (QED) is 0.884. The van der Waals surface area contributed by atoms with Crippen molar-refractivity contribution in [3.8, 4) is 22.8 Å². The van der Waals surface area contributed by atoms with Crippen LogP contribution in [0.4, 0.5) is 0 Å². The molecule has 0 aliphatic carbocycles. The summed E-state index contributed by atoms with van der Waals surface area (Å²) in [6.07, 6.45) is 0.725. The Labute approximate surface area is 112 Å². The standard InChI is InChI=1S/C14H17N3O2/c1-18-11-4-6-14(19-2)12(9-11)13-5-3-10(7-8-15)16-17-13/h3-6,9H,7-8,15H2,1-2H3. The molecule has 0 aliphatic heterocycles. The first-order valence-electron chi connectivity index (χ1n) is 6.03. The summed E-state index contributed by atoms with van der Waals surface area (Å²) in [4.78, 5) is 0. The van der Waals surface area contributed by atoms with Gasteiger partial charge in [-0.15, -0.1) is 0 Å². The van der Waals surface area contributed by atoms with Crippen LogP contribution in [0.2, 0.25) is 0 Å². The number of nitrogens with zero attached hydrogens (tertiary/aromatic N) is 2. The second kappa shape index (κ2) is 6.15. The molecule has 0 bridgehead atoms. The van der Waals surface area contributed by atoms with Crippen molar-refractivity contribution in [1.29, 1.82) is 0 Å². The molecule has 100 valence electrons. The molecule has 0 radical (unpaired) electrons. The molecule has 0 unspecified atom stereocenters. The number of benzene rings is 1. The van der Waals surface area contributed by atoms with Crippen LogP contribution < -0.4 is 15.2 Å². The van der Waals surface area contributed by atoms with Crippen molar-refractivity contribution < 1.29 is 9.47 Å². The monoisotopic (exact) mass is 259 g/mol. The van der Waals surface area contributed by atoms with Crippen molar-refractivity contribution in [2.75, 3.05) is 20.8 Å². The van der Waals surface area contributed by atoms with E-state index in [1.165, 1.54) is 0 Å². The van der Waals surface area contributed by atoms with Crippen molar-refractivity contribution in [3.05, 3.63) is 36.0 Å². The fourth-order valence-corrected chi connectivity index (χ4v) is 1.80. The van der Waals surface area contributed by atoms with Crippen molar-refractivity contribution in [2.45, 2.75) is 6.42 Å². The molecule has 0 saturated carbocycles. The van der Waals surface area contributed by atoms with Crippen LogP contribution in [-0.4, -0.2) is 31.0 Å². The first-order chi connectivity index (χ1) is 9.28. The SMILES string of the molecule is COc1ccc(OC)c(-c2ccc(CCN)nn2)c1. The van der Waals surface area contributed by atoms with Gasteiger partial charge in [0.05, 0.1) is 25.6 Å². The highest BCUT2D eigenvalue weighted by Gasteiger charge is 2.09. The third kappa shape index (κ3) is 3.00. The Morgan fingerprint density at radius 1 is 1.05 bits per heavy atom. The molecule has 0 spiro atoms. The minimum atomic E-state index is 0.566. The lowest BCUT2D eigenvalue weighted by molar-refractivity contribution is 0.404. The normalized spacial score (nSPS) is 10.3. The summed E-state index contributed by atoms with van der Waals surface area (Å²) in [5.41, 5.74) is 7.97. The number of nitrogens with two attached hydrogens (primary N) is 1. The van der Waals surface area contributed by atoms with E-state index in [1.54, 1.807) is 14.2 Å². The Bertz CT molecular complexity index is 541. The van der Waals surface area contributed by atoms with Crippen molar-refractivity contribution >= 4 is 0 Å². The van der Waals surface area contributed by atoms with Crippen LogP contribution in [-0.2, 0) is 6.42 Å². The van der Waals surface area contributed by atoms with E-state index in [4.69, 9.17) is 15.2 Å². The van der Waals surface area contributed by atoms with Gasteiger partial charge in [0.25, 0.3) is 0 Å². The zero-order chi connectivity index (χ0) is 13.7. The predicted molar refractivity (Wildman–Crippen MR) is 73.3 cm³/mol. The summed E-state index contributed by atoms with van der Waals surface area (Å²) < 4.78 is 10.6. The minimum Gasteiger partial charge on any atom is -0.497 e. The predicted octanol–water partition coefficient (Wildman–Crippen LogP) is 1.66. The van der Waals surface area contributed by atoms with Crippen molar-refractivity contribution in [2.24, 2.45) is 5.73 Å². The molecule has 0 amide bonds. The number of hydrogen-bond donors (Lipinski definition) is 1. The topological polar surface area (TPSA) is 70.3 Å². The Balaban J connectivity index is 2.38. The molecular weight excluding hydrogens is 242 g/mol. The van der Waals surface area contributed by atoms with Gasteiger partial charge in [0.1, 0.15) is 11.5 Å². The van der Waals surface area contributed by atoms with Crippen LogP contribution in [0.15, 0.2) is 30.3 Å². The van der Waals surface area contributed by atoms with E-state index in [9.17, 15) is 0 Å². The second-order valence-corrected chi connectivity index (χ2v) is 4.01. The number of hydrogen-bond acceptors (Lipinski definition) is 5.